The number of ketones is 1. The van der Waals surface area contributed by atoms with Crippen molar-refractivity contribution in [3.05, 3.63) is 12.2 Å². The maximum absolute atomic E-state index is 13.4. The fraction of sp³-hybridized carbons (Fsp3) is 0.864. The molecule has 0 saturated heterocycles. The highest BCUT2D eigenvalue weighted by Crippen LogP contribution is 2.67. The van der Waals surface area contributed by atoms with E-state index in [1.54, 1.807) is 0 Å². The molecule has 1 nitrogen and oxygen atoms in total. The van der Waals surface area contributed by atoms with E-state index in [4.69, 9.17) is 0 Å². The molecule has 9 unspecified atom stereocenters. The van der Waals surface area contributed by atoms with Crippen LogP contribution >= 0.6 is 48.8 Å². The number of hydrogen-bond acceptors (Lipinski definition) is 5. The Morgan fingerprint density at radius 3 is 2.22 bits per heavy atom. The number of carbonyl (C=O) groups is 1. The Balaban J connectivity index is 0.000000323. The Hall–Kier alpha value is 0.810. The van der Waals surface area contributed by atoms with Crippen molar-refractivity contribution in [1.82, 2.24) is 0 Å². The van der Waals surface area contributed by atoms with Gasteiger partial charge in [-0.15, -0.1) is 0 Å². The van der Waals surface area contributed by atoms with Crippen LogP contribution in [0.15, 0.2) is 12.2 Å². The van der Waals surface area contributed by atoms with Gasteiger partial charge in [0.15, 0.2) is 0 Å². The second-order valence-corrected chi connectivity index (χ2v) is 12.4. The highest BCUT2D eigenvalue weighted by molar-refractivity contribution is 8.00. The van der Waals surface area contributed by atoms with Gasteiger partial charge in [0, 0.05) is 28.6 Å². The van der Waals surface area contributed by atoms with Crippen LogP contribution in [-0.4, -0.2) is 40.3 Å². The van der Waals surface area contributed by atoms with Gasteiger partial charge in [-0.3, -0.25) is 4.79 Å². The Labute approximate surface area is 184 Å². The summed E-state index contributed by atoms with van der Waals surface area (Å²) in [6, 6.07) is 0. The molecular weight excluding hydrogens is 409 g/mol. The van der Waals surface area contributed by atoms with E-state index in [0.29, 0.717) is 41.3 Å². The zero-order valence-corrected chi connectivity index (χ0v) is 19.8. The topological polar surface area (TPSA) is 17.1 Å². The molecule has 0 aliphatic heterocycles. The molecule has 5 heteroatoms. The van der Waals surface area contributed by atoms with E-state index >= 15 is 0 Å². The molecule has 0 aromatic heterocycles. The van der Waals surface area contributed by atoms with E-state index < -0.39 is 0 Å². The molecule has 0 aromatic carbocycles. The molecule has 27 heavy (non-hydrogen) atoms. The van der Waals surface area contributed by atoms with Gasteiger partial charge in [0.05, 0.1) is 0 Å². The number of fused-ring (bicyclic) bond motifs is 10. The average Bonchev–Trinajstić information content (AvgIpc) is 3.44. The summed E-state index contributed by atoms with van der Waals surface area (Å²) in [6.07, 6.45) is 8.72. The van der Waals surface area contributed by atoms with Gasteiger partial charge in [-0.25, -0.2) is 0 Å². The zero-order chi connectivity index (χ0) is 19.1. The molecule has 5 rings (SSSR count). The van der Waals surface area contributed by atoms with E-state index in [2.05, 4.69) is 49.9 Å². The van der Waals surface area contributed by atoms with E-state index in [0.717, 1.165) is 34.3 Å². The SMILES string of the molecule is C=C1C2C3CCC(C3)C2C(=O)C2C3CC(CC3SCCS)C12.CSCCS. The lowest BCUT2D eigenvalue weighted by Crippen LogP contribution is -2.48. The summed E-state index contributed by atoms with van der Waals surface area (Å²) >= 11 is 12.3. The second kappa shape index (κ2) is 8.89. The molecular formula is C22H34OS4. The summed E-state index contributed by atoms with van der Waals surface area (Å²) in [5.41, 5.74) is 1.52. The van der Waals surface area contributed by atoms with Crippen LogP contribution in [0.3, 0.4) is 0 Å². The van der Waals surface area contributed by atoms with Crippen molar-refractivity contribution in [1.29, 1.82) is 0 Å². The third kappa shape index (κ3) is 3.59. The number of rotatable bonds is 5. The summed E-state index contributed by atoms with van der Waals surface area (Å²) < 4.78 is 0. The van der Waals surface area contributed by atoms with Crippen molar-refractivity contribution in [3.8, 4) is 0 Å². The maximum Gasteiger partial charge on any atom is 0.140 e. The quantitative estimate of drug-likeness (QED) is 0.440. The van der Waals surface area contributed by atoms with Gasteiger partial charge in [0.25, 0.3) is 0 Å². The van der Waals surface area contributed by atoms with Crippen molar-refractivity contribution in [2.45, 2.75) is 37.4 Å². The molecule has 5 aliphatic rings. The van der Waals surface area contributed by atoms with E-state index in [1.165, 1.54) is 43.4 Å². The zero-order valence-electron chi connectivity index (χ0n) is 16.4. The van der Waals surface area contributed by atoms with Crippen LogP contribution in [0.1, 0.15) is 32.1 Å². The predicted molar refractivity (Wildman–Crippen MR) is 127 cm³/mol. The van der Waals surface area contributed by atoms with Crippen LogP contribution in [0, 0.1) is 47.3 Å². The minimum atomic E-state index is 0.351. The summed E-state index contributed by atoms with van der Waals surface area (Å²) in [5, 5.41) is 0.727. The predicted octanol–water partition coefficient (Wildman–Crippen LogP) is 5.37. The Morgan fingerprint density at radius 1 is 0.926 bits per heavy atom. The van der Waals surface area contributed by atoms with Crippen molar-refractivity contribution in [2.75, 3.05) is 29.3 Å². The molecule has 0 spiro atoms. The third-order valence-electron chi connectivity index (χ3n) is 8.09. The highest BCUT2D eigenvalue weighted by atomic mass is 32.2. The van der Waals surface area contributed by atoms with Gasteiger partial charge in [-0.2, -0.15) is 48.8 Å². The number of Topliss-reactive ketones (excluding diaryl/α,β-unsaturated/α-hetero) is 1. The molecule has 5 fully saturated rings. The van der Waals surface area contributed by atoms with Crippen LogP contribution in [0.4, 0.5) is 0 Å². The van der Waals surface area contributed by atoms with Crippen molar-refractivity contribution in [2.24, 2.45) is 47.3 Å². The van der Waals surface area contributed by atoms with Gasteiger partial charge < -0.3 is 0 Å². The summed E-state index contributed by atoms with van der Waals surface area (Å²) in [5.74, 6) is 9.76. The molecule has 0 radical (unpaired) electrons. The van der Waals surface area contributed by atoms with Crippen LogP contribution in [0.25, 0.3) is 0 Å². The number of allylic oxidation sites excluding steroid dienone is 1. The number of carbonyl (C=O) groups excluding carboxylic acids is 1. The minimum Gasteiger partial charge on any atom is -0.299 e. The van der Waals surface area contributed by atoms with Crippen molar-refractivity contribution < 1.29 is 4.79 Å². The van der Waals surface area contributed by atoms with Gasteiger partial charge in [-0.05, 0) is 85.4 Å². The molecule has 9 atom stereocenters. The molecule has 0 aromatic rings. The lowest BCUT2D eigenvalue weighted by molar-refractivity contribution is -0.135. The molecule has 5 saturated carbocycles. The van der Waals surface area contributed by atoms with Crippen LogP contribution in [0.2, 0.25) is 0 Å². The molecule has 5 aliphatic carbocycles. The van der Waals surface area contributed by atoms with E-state index in [9.17, 15) is 4.79 Å². The Kier molecular flexibility index (Phi) is 6.94. The average molecular weight is 443 g/mol. The van der Waals surface area contributed by atoms with Crippen LogP contribution in [0.5, 0.6) is 0 Å². The monoisotopic (exact) mass is 442 g/mol. The molecule has 0 heterocycles. The second-order valence-electron chi connectivity index (χ2n) is 9.16. The fourth-order valence-electron chi connectivity index (χ4n) is 7.39. The van der Waals surface area contributed by atoms with Gasteiger partial charge in [0.2, 0.25) is 0 Å². The van der Waals surface area contributed by atoms with Gasteiger partial charge in [-0.1, -0.05) is 12.2 Å². The fourth-order valence-corrected chi connectivity index (χ4v) is 9.75. The maximum atomic E-state index is 13.4. The Morgan fingerprint density at radius 2 is 1.59 bits per heavy atom. The lowest BCUT2D eigenvalue weighted by Gasteiger charge is -2.47. The first-order valence-corrected chi connectivity index (χ1v) is 14.4. The largest absolute Gasteiger partial charge is 0.299 e. The first kappa shape index (κ1) is 21.1. The minimum absolute atomic E-state index is 0.351. The smallest absolute Gasteiger partial charge is 0.140 e. The van der Waals surface area contributed by atoms with Crippen molar-refractivity contribution >= 4 is 54.6 Å². The first-order valence-electron chi connectivity index (χ1n) is 10.7. The number of thioether (sulfide) groups is 2. The highest BCUT2D eigenvalue weighted by Gasteiger charge is 2.65. The number of hydrogen-bond donors (Lipinski definition) is 2. The first-order chi connectivity index (χ1) is 13.1. The lowest BCUT2D eigenvalue weighted by atomic mass is 9.57. The standard InChI is InChI=1S/C19H26OS2.C3H8S2/c1-9-15-10-2-3-11(6-10)17(15)19(20)18-13-7-12(16(9)18)8-14(13)22-5-4-21;1-5-3-2-4/h10-18,21H,1-8H2;4H,2-3H2,1H3. The molecule has 4 bridgehead atoms. The molecule has 152 valence electrons. The van der Waals surface area contributed by atoms with Crippen molar-refractivity contribution in [3.63, 3.8) is 0 Å². The summed E-state index contributed by atoms with van der Waals surface area (Å²) in [4.78, 5) is 13.4. The van der Waals surface area contributed by atoms with Crippen LogP contribution in [-0.2, 0) is 4.79 Å². The molecule has 0 N–H and O–H groups in total. The normalized spacial score (nSPS) is 46.3. The Bertz CT molecular complexity index is 577. The third-order valence-corrected chi connectivity index (χ3v) is 11.2. The van der Waals surface area contributed by atoms with E-state index in [1.807, 2.05) is 11.8 Å². The summed E-state index contributed by atoms with van der Waals surface area (Å²) in [7, 11) is 0. The summed E-state index contributed by atoms with van der Waals surface area (Å²) in [6.45, 7) is 4.59. The van der Waals surface area contributed by atoms with Gasteiger partial charge >= 0.3 is 0 Å². The van der Waals surface area contributed by atoms with Gasteiger partial charge in [0.1, 0.15) is 5.78 Å². The van der Waals surface area contributed by atoms with E-state index in [-0.39, 0.29) is 0 Å². The number of thiol groups is 2. The molecule has 0 amide bonds. The van der Waals surface area contributed by atoms with Crippen LogP contribution < -0.4 is 0 Å².